The Labute approximate surface area is 291 Å². The van der Waals surface area contributed by atoms with E-state index in [0.717, 1.165) is 20.8 Å². The van der Waals surface area contributed by atoms with Gasteiger partial charge in [-0.1, -0.05) is 71.5 Å². The number of hydrogen-bond acceptors (Lipinski definition) is 13. The van der Waals surface area contributed by atoms with Crippen LogP contribution in [-0.2, 0) is 47.7 Å². The van der Waals surface area contributed by atoms with Gasteiger partial charge < -0.3 is 33.9 Å². The Balaban J connectivity index is 2.47. The summed E-state index contributed by atoms with van der Waals surface area (Å²) >= 11 is 0. The van der Waals surface area contributed by atoms with Crippen molar-refractivity contribution in [2.75, 3.05) is 0 Å². The third-order valence-corrected chi connectivity index (χ3v) is 9.09. The number of Topliss-reactive ketones (excluding diaryl/α,β-unsaturated/α-hetero) is 1. The molecule has 0 spiro atoms. The third kappa shape index (κ3) is 8.50. The van der Waals surface area contributed by atoms with Crippen LogP contribution in [0, 0.1) is 23.2 Å². The first-order valence-electron chi connectivity index (χ1n) is 16.4. The maximum absolute atomic E-state index is 14.5. The lowest BCUT2D eigenvalue weighted by Crippen LogP contribution is -2.57. The first-order chi connectivity index (χ1) is 23.1. The minimum Gasteiger partial charge on any atom is -0.459 e. The number of benzene rings is 1. The number of hydrogen-bond donors (Lipinski definition) is 2. The van der Waals surface area contributed by atoms with Crippen molar-refractivity contribution < 1.29 is 62.7 Å². The second-order valence-electron chi connectivity index (χ2n) is 14.2. The van der Waals surface area contributed by atoms with Gasteiger partial charge >= 0.3 is 29.8 Å². The van der Waals surface area contributed by atoms with E-state index >= 15 is 0 Å². The van der Waals surface area contributed by atoms with Crippen molar-refractivity contribution in [1.82, 2.24) is 0 Å². The molecular weight excluding hydrogens is 652 g/mol. The van der Waals surface area contributed by atoms with E-state index in [0.29, 0.717) is 0 Å². The Hall–Kier alpha value is -4.36. The highest BCUT2D eigenvalue weighted by molar-refractivity contribution is 5.92. The van der Waals surface area contributed by atoms with Crippen molar-refractivity contribution in [2.45, 2.75) is 110 Å². The molecule has 274 valence electrons. The predicted molar refractivity (Wildman–Crippen MR) is 177 cm³/mol. The summed E-state index contributed by atoms with van der Waals surface area (Å²) in [5.74, 6) is -8.68. The van der Waals surface area contributed by atoms with Gasteiger partial charge in [-0.15, -0.1) is 0 Å². The van der Waals surface area contributed by atoms with Gasteiger partial charge in [0.25, 0.3) is 0 Å². The monoisotopic (exact) mass is 700 g/mol. The first kappa shape index (κ1) is 40.1. The highest BCUT2D eigenvalue weighted by Gasteiger charge is 2.69. The van der Waals surface area contributed by atoms with E-state index < -0.39 is 107 Å². The molecule has 9 atom stereocenters. The Kier molecular flexibility index (Phi) is 12.2. The van der Waals surface area contributed by atoms with Gasteiger partial charge in [-0.25, -0.2) is 4.79 Å². The molecule has 1 saturated carbocycles. The van der Waals surface area contributed by atoms with Crippen LogP contribution >= 0.6 is 0 Å². The minimum absolute atomic E-state index is 0.0394. The number of aliphatic hydroxyl groups is 2. The van der Waals surface area contributed by atoms with Gasteiger partial charge in [-0.05, 0) is 19.1 Å². The molecule has 0 heterocycles. The van der Waals surface area contributed by atoms with E-state index in [-0.39, 0.29) is 11.1 Å². The van der Waals surface area contributed by atoms with Crippen LogP contribution in [0.2, 0.25) is 0 Å². The number of ketones is 1. The number of esters is 5. The highest BCUT2D eigenvalue weighted by atomic mass is 16.6. The molecule has 2 aliphatic rings. The lowest BCUT2D eigenvalue weighted by molar-refractivity contribution is -0.185. The van der Waals surface area contributed by atoms with E-state index in [2.05, 4.69) is 6.58 Å². The van der Waals surface area contributed by atoms with Crippen molar-refractivity contribution in [1.29, 1.82) is 0 Å². The first-order valence-corrected chi connectivity index (χ1v) is 16.4. The van der Waals surface area contributed by atoms with Gasteiger partial charge in [0.2, 0.25) is 0 Å². The van der Waals surface area contributed by atoms with Crippen molar-refractivity contribution in [3.63, 3.8) is 0 Å². The second kappa shape index (κ2) is 15.3. The van der Waals surface area contributed by atoms with Gasteiger partial charge in [0, 0.05) is 44.1 Å². The van der Waals surface area contributed by atoms with Crippen LogP contribution in [0.1, 0.15) is 79.1 Å². The average molecular weight is 701 g/mol. The van der Waals surface area contributed by atoms with Gasteiger partial charge in [-0.2, -0.15) is 0 Å². The Morgan fingerprint density at radius 3 is 1.94 bits per heavy atom. The number of ether oxygens (including phenoxy) is 5. The summed E-state index contributed by atoms with van der Waals surface area (Å²) in [7, 11) is 0. The maximum atomic E-state index is 14.5. The molecule has 2 aliphatic carbocycles. The molecule has 0 unspecified atom stereocenters. The smallest absolute Gasteiger partial charge is 0.338 e. The van der Waals surface area contributed by atoms with E-state index in [4.69, 9.17) is 23.7 Å². The number of carbonyl (C=O) groups excluding carboxylic acids is 6. The molecule has 0 aliphatic heterocycles. The van der Waals surface area contributed by atoms with E-state index in [1.807, 2.05) is 0 Å². The normalized spacial score (nSPS) is 33.2. The lowest BCUT2D eigenvalue weighted by atomic mass is 9.72. The fourth-order valence-electron chi connectivity index (χ4n) is 6.74. The van der Waals surface area contributed by atoms with Crippen LogP contribution in [0.25, 0.3) is 0 Å². The number of rotatable bonds is 7. The summed E-state index contributed by atoms with van der Waals surface area (Å²) < 4.78 is 28.8. The Morgan fingerprint density at radius 2 is 1.42 bits per heavy atom. The summed E-state index contributed by atoms with van der Waals surface area (Å²) in [6.07, 6.45) is -6.25. The minimum atomic E-state index is -2.55. The molecule has 0 aromatic heterocycles. The molecule has 3 rings (SSSR count). The summed E-state index contributed by atoms with van der Waals surface area (Å²) in [5.41, 5.74) is -5.95. The van der Waals surface area contributed by atoms with Crippen LogP contribution in [0.15, 0.2) is 54.6 Å². The van der Waals surface area contributed by atoms with Crippen LogP contribution in [0.5, 0.6) is 0 Å². The van der Waals surface area contributed by atoms with E-state index in [1.165, 1.54) is 52.0 Å². The predicted octanol–water partition coefficient (Wildman–Crippen LogP) is 3.43. The Morgan fingerprint density at radius 1 is 0.860 bits per heavy atom. The number of aliphatic hydroxyl groups excluding tert-OH is 1. The molecular formula is C37H48O13. The van der Waals surface area contributed by atoms with Gasteiger partial charge in [0.15, 0.2) is 18.0 Å². The maximum Gasteiger partial charge on any atom is 0.338 e. The van der Waals surface area contributed by atoms with Crippen LogP contribution in [-0.4, -0.2) is 87.6 Å². The van der Waals surface area contributed by atoms with E-state index in [9.17, 15) is 39.0 Å². The molecule has 50 heavy (non-hydrogen) atoms. The summed E-state index contributed by atoms with van der Waals surface area (Å²) in [5, 5.41) is 24.7. The molecule has 0 bridgehead atoms. The summed E-state index contributed by atoms with van der Waals surface area (Å²) in [6.45, 7) is 16.5. The van der Waals surface area contributed by atoms with Crippen LogP contribution in [0.3, 0.4) is 0 Å². The fraction of sp³-hybridized carbons (Fsp3) is 0.568. The molecule has 2 N–H and O–H groups in total. The third-order valence-electron chi connectivity index (χ3n) is 9.09. The average Bonchev–Trinajstić information content (AvgIpc) is 3.23. The number of carbonyl (C=O) groups is 6. The van der Waals surface area contributed by atoms with Crippen molar-refractivity contribution in [2.24, 2.45) is 23.2 Å². The van der Waals surface area contributed by atoms with Crippen molar-refractivity contribution in [3.05, 3.63) is 60.2 Å². The standard InChI is InChI=1S/C37H48O13/c1-19(2)33(43)49-29-21(4)28(48-34(44)25-14-12-11-13-15-25)26-31(46-22(5)38)36(10,50-24(7)40)18-37(26,45)30(42)20(3)16-17-35(8,9)32(27(29)41)47-23(6)39/h11-17,19-20,26-29,31-32,41,45H,4,18H2,1-3,5-10H3/b17-16+/t20-,26-,27+,28-,29-,31+,32+,36+,37+/m0/s1. The molecule has 13 nitrogen and oxygen atoms in total. The van der Waals surface area contributed by atoms with Crippen LogP contribution < -0.4 is 0 Å². The van der Waals surface area contributed by atoms with E-state index in [1.54, 1.807) is 32.0 Å². The topological polar surface area (TPSA) is 189 Å². The number of allylic oxidation sites excluding steroid dienone is 1. The highest BCUT2D eigenvalue weighted by Crippen LogP contribution is 2.52. The molecule has 1 aromatic rings. The quantitative estimate of drug-likeness (QED) is 0.239. The van der Waals surface area contributed by atoms with Gasteiger partial charge in [0.05, 0.1) is 17.4 Å². The van der Waals surface area contributed by atoms with Crippen molar-refractivity contribution in [3.8, 4) is 0 Å². The second-order valence-corrected chi connectivity index (χ2v) is 14.2. The molecule has 0 radical (unpaired) electrons. The Bertz CT molecular complexity index is 1530. The zero-order valence-electron chi connectivity index (χ0n) is 30.0. The van der Waals surface area contributed by atoms with Gasteiger partial charge in [-0.3, -0.25) is 24.0 Å². The number of fused-ring (bicyclic) bond motifs is 1. The van der Waals surface area contributed by atoms with Gasteiger partial charge in [0.1, 0.15) is 29.5 Å². The zero-order valence-corrected chi connectivity index (χ0v) is 30.0. The molecule has 1 fully saturated rings. The largest absolute Gasteiger partial charge is 0.459 e. The molecule has 0 saturated heterocycles. The lowest BCUT2D eigenvalue weighted by Gasteiger charge is -2.43. The summed E-state index contributed by atoms with van der Waals surface area (Å²) in [6, 6.07) is 7.67. The molecule has 13 heteroatoms. The molecule has 1 aromatic carbocycles. The van der Waals surface area contributed by atoms with Crippen molar-refractivity contribution >= 4 is 35.6 Å². The zero-order chi connectivity index (χ0) is 37.9. The van der Waals surface area contributed by atoms with Crippen LogP contribution in [0.4, 0.5) is 0 Å². The molecule has 0 amide bonds. The SMILES string of the molecule is C=C1[C@H](OC(=O)C(C)C)[C@@H](O)[C@@H](OC(C)=O)C(C)(C)/C=C/[C@H](C)C(=O)[C@@]2(O)C[C@@](C)(OC(C)=O)[C@H](OC(C)=O)[C@@H]2[C@H]1OC(=O)c1ccccc1. The summed E-state index contributed by atoms with van der Waals surface area (Å²) in [4.78, 5) is 78.9. The fourth-order valence-corrected chi connectivity index (χ4v) is 6.74.